The Kier molecular flexibility index (Phi) is 3.17. The number of rotatable bonds is 3. The smallest absolute Gasteiger partial charge is 0.278 e. The normalized spacial score (nSPS) is 23.7. The SMILES string of the molecule is CCC(C)=C1OCC(CO)(CO)O1. The topological polar surface area (TPSA) is 58.9 Å². The lowest BCUT2D eigenvalue weighted by Gasteiger charge is -2.19. The molecule has 0 amide bonds. The van der Waals surface area contributed by atoms with Crippen molar-refractivity contribution >= 4 is 0 Å². The van der Waals surface area contributed by atoms with Crippen molar-refractivity contribution in [1.82, 2.24) is 0 Å². The Hall–Kier alpha value is -0.740. The summed E-state index contributed by atoms with van der Waals surface area (Å²) in [5, 5.41) is 18.0. The van der Waals surface area contributed by atoms with Crippen molar-refractivity contribution in [3.63, 3.8) is 0 Å². The molecule has 1 rings (SSSR count). The van der Waals surface area contributed by atoms with Gasteiger partial charge in [0.25, 0.3) is 5.95 Å². The Bertz CT molecular complexity index is 206. The molecule has 1 saturated heterocycles. The number of hydrogen-bond donors (Lipinski definition) is 2. The van der Waals surface area contributed by atoms with Crippen LogP contribution in [0.15, 0.2) is 11.5 Å². The Balaban J connectivity index is 2.72. The number of hydrogen-bond acceptors (Lipinski definition) is 4. The van der Waals surface area contributed by atoms with Gasteiger partial charge in [0.15, 0.2) is 5.60 Å². The zero-order valence-corrected chi connectivity index (χ0v) is 8.04. The second-order valence-corrected chi connectivity index (χ2v) is 3.31. The molecule has 1 fully saturated rings. The zero-order valence-electron chi connectivity index (χ0n) is 8.04. The van der Waals surface area contributed by atoms with Crippen LogP contribution in [0.5, 0.6) is 0 Å². The fourth-order valence-corrected chi connectivity index (χ4v) is 1.01. The lowest BCUT2D eigenvalue weighted by molar-refractivity contribution is -0.0431. The highest BCUT2D eigenvalue weighted by Gasteiger charge is 2.39. The van der Waals surface area contributed by atoms with E-state index in [1.807, 2.05) is 13.8 Å². The van der Waals surface area contributed by atoms with Crippen molar-refractivity contribution in [2.45, 2.75) is 25.9 Å². The standard InChI is InChI=1S/C9H16O4/c1-3-7(2)8-12-6-9(4-10,5-11)13-8/h10-11H,3-6H2,1-2H3. The largest absolute Gasteiger partial charge is 0.461 e. The van der Waals surface area contributed by atoms with E-state index in [1.165, 1.54) is 0 Å². The predicted octanol–water partition coefficient (Wildman–Crippen LogP) is 0.398. The summed E-state index contributed by atoms with van der Waals surface area (Å²) < 4.78 is 10.6. The first-order valence-corrected chi connectivity index (χ1v) is 4.40. The maximum absolute atomic E-state index is 9.00. The molecular formula is C9H16O4. The summed E-state index contributed by atoms with van der Waals surface area (Å²) in [5.41, 5.74) is 0.0509. The molecule has 76 valence electrons. The first kappa shape index (κ1) is 10.3. The van der Waals surface area contributed by atoms with Crippen molar-refractivity contribution in [2.75, 3.05) is 19.8 Å². The van der Waals surface area contributed by atoms with E-state index >= 15 is 0 Å². The van der Waals surface area contributed by atoms with Crippen LogP contribution in [0, 0.1) is 0 Å². The Morgan fingerprint density at radius 3 is 2.46 bits per heavy atom. The molecule has 0 aromatic heterocycles. The second-order valence-electron chi connectivity index (χ2n) is 3.31. The average molecular weight is 188 g/mol. The second kappa shape index (κ2) is 3.98. The van der Waals surface area contributed by atoms with E-state index in [-0.39, 0.29) is 19.8 Å². The first-order chi connectivity index (χ1) is 6.17. The third-order valence-corrected chi connectivity index (χ3v) is 2.23. The van der Waals surface area contributed by atoms with E-state index in [4.69, 9.17) is 19.7 Å². The molecule has 4 nitrogen and oxygen atoms in total. The molecule has 4 heteroatoms. The zero-order chi connectivity index (χ0) is 9.90. The summed E-state index contributed by atoms with van der Waals surface area (Å²) in [6.45, 7) is 3.65. The summed E-state index contributed by atoms with van der Waals surface area (Å²) in [4.78, 5) is 0. The Morgan fingerprint density at radius 2 is 2.08 bits per heavy atom. The van der Waals surface area contributed by atoms with E-state index in [9.17, 15) is 0 Å². The number of aliphatic hydroxyl groups is 2. The third-order valence-electron chi connectivity index (χ3n) is 2.23. The molecular weight excluding hydrogens is 172 g/mol. The van der Waals surface area contributed by atoms with Crippen molar-refractivity contribution in [2.24, 2.45) is 0 Å². The molecule has 0 spiro atoms. The van der Waals surface area contributed by atoms with E-state index in [2.05, 4.69) is 0 Å². The molecule has 1 heterocycles. The van der Waals surface area contributed by atoms with Crippen molar-refractivity contribution in [3.8, 4) is 0 Å². The average Bonchev–Trinajstić information content (AvgIpc) is 2.61. The highest BCUT2D eigenvalue weighted by atomic mass is 16.7. The summed E-state index contributed by atoms with van der Waals surface area (Å²) in [6, 6.07) is 0. The van der Waals surface area contributed by atoms with Crippen molar-refractivity contribution < 1.29 is 19.7 Å². The van der Waals surface area contributed by atoms with E-state index in [0.29, 0.717) is 5.95 Å². The lowest BCUT2D eigenvalue weighted by Crippen LogP contribution is -2.39. The van der Waals surface area contributed by atoms with Gasteiger partial charge in [0.05, 0.1) is 13.2 Å². The summed E-state index contributed by atoms with van der Waals surface area (Å²) in [6.07, 6.45) is 0.836. The van der Waals surface area contributed by atoms with E-state index in [0.717, 1.165) is 12.0 Å². The number of ether oxygens (including phenoxy) is 2. The van der Waals surface area contributed by atoms with Gasteiger partial charge in [0.1, 0.15) is 6.61 Å². The van der Waals surface area contributed by atoms with Gasteiger partial charge in [-0.05, 0) is 13.3 Å². The highest BCUT2D eigenvalue weighted by molar-refractivity contribution is 5.05. The van der Waals surface area contributed by atoms with Gasteiger partial charge in [-0.2, -0.15) is 0 Å². The maximum atomic E-state index is 9.00. The van der Waals surface area contributed by atoms with Gasteiger partial charge >= 0.3 is 0 Å². The Morgan fingerprint density at radius 1 is 1.46 bits per heavy atom. The van der Waals surface area contributed by atoms with Gasteiger partial charge in [-0.1, -0.05) is 6.92 Å². The molecule has 0 bridgehead atoms. The molecule has 2 N–H and O–H groups in total. The minimum Gasteiger partial charge on any atom is -0.461 e. The minimum absolute atomic E-state index is 0.215. The first-order valence-electron chi connectivity index (χ1n) is 4.40. The van der Waals surface area contributed by atoms with Crippen LogP contribution in [-0.4, -0.2) is 35.6 Å². The van der Waals surface area contributed by atoms with Gasteiger partial charge < -0.3 is 19.7 Å². The van der Waals surface area contributed by atoms with Crippen LogP contribution < -0.4 is 0 Å². The van der Waals surface area contributed by atoms with Crippen LogP contribution in [0.4, 0.5) is 0 Å². The van der Waals surface area contributed by atoms with Crippen LogP contribution in [0.3, 0.4) is 0 Å². The molecule has 0 atom stereocenters. The molecule has 13 heavy (non-hydrogen) atoms. The third kappa shape index (κ3) is 1.95. The molecule has 0 saturated carbocycles. The number of aliphatic hydroxyl groups excluding tert-OH is 2. The Labute approximate surface area is 77.8 Å². The van der Waals surface area contributed by atoms with Gasteiger partial charge in [0.2, 0.25) is 0 Å². The highest BCUT2D eigenvalue weighted by Crippen LogP contribution is 2.27. The van der Waals surface area contributed by atoms with Crippen LogP contribution >= 0.6 is 0 Å². The fourth-order valence-electron chi connectivity index (χ4n) is 1.01. The van der Waals surface area contributed by atoms with E-state index in [1.54, 1.807) is 0 Å². The molecule has 0 radical (unpaired) electrons. The summed E-state index contributed by atoms with van der Waals surface area (Å²) in [5.74, 6) is 0.450. The van der Waals surface area contributed by atoms with Crippen molar-refractivity contribution in [1.29, 1.82) is 0 Å². The monoisotopic (exact) mass is 188 g/mol. The van der Waals surface area contributed by atoms with Gasteiger partial charge in [-0.3, -0.25) is 0 Å². The van der Waals surface area contributed by atoms with Crippen LogP contribution in [0.25, 0.3) is 0 Å². The molecule has 0 aromatic rings. The maximum Gasteiger partial charge on any atom is 0.278 e. The van der Waals surface area contributed by atoms with E-state index < -0.39 is 5.60 Å². The number of allylic oxidation sites excluding steroid dienone is 1. The quantitative estimate of drug-likeness (QED) is 0.673. The van der Waals surface area contributed by atoms with Crippen LogP contribution in [0.2, 0.25) is 0 Å². The summed E-state index contributed by atoms with van der Waals surface area (Å²) >= 11 is 0. The molecule has 1 aliphatic heterocycles. The lowest BCUT2D eigenvalue weighted by atomic mass is 10.1. The van der Waals surface area contributed by atoms with Crippen molar-refractivity contribution in [3.05, 3.63) is 11.5 Å². The molecule has 0 aromatic carbocycles. The molecule has 0 unspecified atom stereocenters. The molecule has 0 aliphatic carbocycles. The van der Waals surface area contributed by atoms with Gasteiger partial charge in [-0.25, -0.2) is 0 Å². The van der Waals surface area contributed by atoms with Gasteiger partial charge in [0, 0.05) is 5.57 Å². The fraction of sp³-hybridized carbons (Fsp3) is 0.778. The predicted molar refractivity (Wildman–Crippen MR) is 46.9 cm³/mol. The van der Waals surface area contributed by atoms with Crippen LogP contribution in [-0.2, 0) is 9.47 Å². The summed E-state index contributed by atoms with van der Waals surface area (Å²) in [7, 11) is 0. The minimum atomic E-state index is -0.939. The van der Waals surface area contributed by atoms with Crippen LogP contribution in [0.1, 0.15) is 20.3 Å². The van der Waals surface area contributed by atoms with Gasteiger partial charge in [-0.15, -0.1) is 0 Å². The molecule has 1 aliphatic rings.